The van der Waals surface area contributed by atoms with Crippen molar-refractivity contribution in [3.05, 3.63) is 66.1 Å². The molecule has 1 heterocycles. The Morgan fingerprint density at radius 1 is 1.08 bits per heavy atom. The largest absolute Gasteiger partial charge is 0.497 e. The summed E-state index contributed by atoms with van der Waals surface area (Å²) in [6.07, 6.45) is 0. The van der Waals surface area contributed by atoms with E-state index in [2.05, 4.69) is 10.2 Å². The lowest BCUT2D eigenvalue weighted by atomic mass is 10.2. The van der Waals surface area contributed by atoms with Gasteiger partial charge in [-0.05, 0) is 24.3 Å². The highest BCUT2D eigenvalue weighted by atomic mass is 32.2. The number of methoxy groups -OCH3 is 1. The van der Waals surface area contributed by atoms with Gasteiger partial charge in [-0.2, -0.15) is 0 Å². The first-order chi connectivity index (χ1) is 11.7. The summed E-state index contributed by atoms with van der Waals surface area (Å²) in [5.74, 6) is 1.63. The van der Waals surface area contributed by atoms with Crippen LogP contribution in [0.25, 0.3) is 0 Å². The Morgan fingerprint density at radius 2 is 1.88 bits per heavy atom. The van der Waals surface area contributed by atoms with Crippen LogP contribution in [0.3, 0.4) is 0 Å². The molecular formula is C17H14N2O4S. The van der Waals surface area contributed by atoms with Gasteiger partial charge in [0.1, 0.15) is 11.5 Å². The molecule has 0 aliphatic heterocycles. The van der Waals surface area contributed by atoms with E-state index in [-0.39, 0.29) is 16.9 Å². The molecule has 3 rings (SSSR count). The van der Waals surface area contributed by atoms with Gasteiger partial charge < -0.3 is 13.9 Å². The highest BCUT2D eigenvalue weighted by molar-refractivity contribution is 8.14. The van der Waals surface area contributed by atoms with E-state index in [1.54, 1.807) is 31.4 Å². The van der Waals surface area contributed by atoms with E-state index < -0.39 is 0 Å². The fraction of sp³-hybridized carbons (Fsp3) is 0.118. The van der Waals surface area contributed by atoms with E-state index in [1.165, 1.54) is 0 Å². The molecule has 0 amide bonds. The minimum atomic E-state index is -0.201. The summed E-state index contributed by atoms with van der Waals surface area (Å²) in [5, 5.41) is 7.70. The van der Waals surface area contributed by atoms with Gasteiger partial charge in [0.2, 0.25) is 5.12 Å². The summed E-state index contributed by atoms with van der Waals surface area (Å²) in [6, 6.07) is 16.2. The second-order valence-corrected chi connectivity index (χ2v) is 5.61. The molecule has 0 radical (unpaired) electrons. The molecule has 0 aliphatic carbocycles. The summed E-state index contributed by atoms with van der Waals surface area (Å²) in [4.78, 5) is 12.2. The van der Waals surface area contributed by atoms with E-state index in [9.17, 15) is 4.79 Å². The highest BCUT2D eigenvalue weighted by Crippen LogP contribution is 2.24. The normalized spacial score (nSPS) is 10.4. The zero-order valence-corrected chi connectivity index (χ0v) is 13.7. The molecule has 0 aliphatic rings. The topological polar surface area (TPSA) is 74.5 Å². The predicted molar refractivity (Wildman–Crippen MR) is 88.3 cm³/mol. The number of hydrogen-bond donors (Lipinski definition) is 0. The van der Waals surface area contributed by atoms with Crippen LogP contribution in [0, 0.1) is 0 Å². The van der Waals surface area contributed by atoms with Crippen LogP contribution in [-0.2, 0) is 6.61 Å². The molecular weight excluding hydrogens is 328 g/mol. The molecule has 0 unspecified atom stereocenters. The summed E-state index contributed by atoms with van der Waals surface area (Å²) >= 11 is 0.868. The standard InChI is InChI=1S/C17H14N2O4S/c1-21-14-9-5-6-12(10-14)16(20)24-17-19-18-15(23-17)11-22-13-7-3-2-4-8-13/h2-10H,11H2,1H3. The summed E-state index contributed by atoms with van der Waals surface area (Å²) in [5.41, 5.74) is 0.500. The Labute approximate surface area is 142 Å². The molecule has 24 heavy (non-hydrogen) atoms. The van der Waals surface area contributed by atoms with E-state index in [4.69, 9.17) is 13.9 Å². The van der Waals surface area contributed by atoms with Crippen molar-refractivity contribution in [1.29, 1.82) is 0 Å². The van der Waals surface area contributed by atoms with Crippen molar-refractivity contribution in [2.24, 2.45) is 0 Å². The Hall–Kier alpha value is -2.80. The van der Waals surface area contributed by atoms with Crippen LogP contribution in [0.2, 0.25) is 0 Å². The average molecular weight is 342 g/mol. The molecule has 7 heteroatoms. The van der Waals surface area contributed by atoms with Crippen molar-refractivity contribution in [3.63, 3.8) is 0 Å². The monoisotopic (exact) mass is 342 g/mol. The van der Waals surface area contributed by atoms with Crippen molar-refractivity contribution in [1.82, 2.24) is 10.2 Å². The Kier molecular flexibility index (Phi) is 5.12. The SMILES string of the molecule is COc1cccc(C(=O)Sc2nnc(COc3ccccc3)o2)c1. The second-order valence-electron chi connectivity index (χ2n) is 4.68. The first kappa shape index (κ1) is 16.1. The highest BCUT2D eigenvalue weighted by Gasteiger charge is 2.15. The smallest absolute Gasteiger partial charge is 0.284 e. The van der Waals surface area contributed by atoms with Gasteiger partial charge in [-0.15, -0.1) is 10.2 Å². The van der Waals surface area contributed by atoms with Crippen LogP contribution in [0.15, 0.2) is 64.2 Å². The molecule has 2 aromatic carbocycles. The van der Waals surface area contributed by atoms with Crippen LogP contribution >= 0.6 is 11.8 Å². The number of thioether (sulfide) groups is 1. The Morgan fingerprint density at radius 3 is 2.67 bits per heavy atom. The fourth-order valence-electron chi connectivity index (χ4n) is 1.89. The maximum Gasteiger partial charge on any atom is 0.284 e. The minimum Gasteiger partial charge on any atom is -0.497 e. The Bertz CT molecular complexity index is 820. The summed E-state index contributed by atoms with van der Waals surface area (Å²) in [7, 11) is 1.55. The third-order valence-electron chi connectivity index (χ3n) is 3.04. The van der Waals surface area contributed by atoms with E-state index in [1.807, 2.05) is 30.3 Å². The molecule has 0 saturated carbocycles. The van der Waals surface area contributed by atoms with Crippen LogP contribution < -0.4 is 9.47 Å². The van der Waals surface area contributed by atoms with Crippen molar-refractivity contribution < 1.29 is 18.7 Å². The molecule has 0 saturated heterocycles. The van der Waals surface area contributed by atoms with E-state index in [0.29, 0.717) is 23.0 Å². The molecule has 0 spiro atoms. The Balaban J connectivity index is 1.60. The average Bonchev–Trinajstić information content (AvgIpc) is 3.08. The van der Waals surface area contributed by atoms with Gasteiger partial charge in [0.05, 0.1) is 7.11 Å². The van der Waals surface area contributed by atoms with Gasteiger partial charge in [-0.1, -0.05) is 30.3 Å². The number of aromatic nitrogens is 2. The lowest BCUT2D eigenvalue weighted by Crippen LogP contribution is -1.95. The molecule has 0 atom stereocenters. The number of hydrogen-bond acceptors (Lipinski definition) is 7. The maximum absolute atomic E-state index is 12.2. The maximum atomic E-state index is 12.2. The van der Waals surface area contributed by atoms with Crippen LogP contribution in [0.5, 0.6) is 11.5 Å². The van der Waals surface area contributed by atoms with Crippen molar-refractivity contribution in [2.75, 3.05) is 7.11 Å². The van der Waals surface area contributed by atoms with Crippen LogP contribution in [-0.4, -0.2) is 22.4 Å². The van der Waals surface area contributed by atoms with Gasteiger partial charge >= 0.3 is 0 Å². The molecule has 3 aromatic rings. The van der Waals surface area contributed by atoms with Gasteiger partial charge in [-0.25, -0.2) is 0 Å². The van der Waals surface area contributed by atoms with Gasteiger partial charge in [0.25, 0.3) is 11.1 Å². The number of carbonyl (C=O) groups excluding carboxylic acids is 1. The quantitative estimate of drug-likeness (QED) is 0.634. The lowest BCUT2D eigenvalue weighted by Gasteiger charge is -2.02. The summed E-state index contributed by atoms with van der Waals surface area (Å²) < 4.78 is 16.0. The molecule has 0 bridgehead atoms. The van der Waals surface area contributed by atoms with E-state index >= 15 is 0 Å². The second kappa shape index (κ2) is 7.65. The number of rotatable bonds is 6. The van der Waals surface area contributed by atoms with Gasteiger partial charge in [-0.3, -0.25) is 4.79 Å². The third-order valence-corrected chi connectivity index (χ3v) is 3.80. The number of nitrogens with zero attached hydrogens (tertiary/aromatic N) is 2. The first-order valence-electron chi connectivity index (χ1n) is 7.11. The third kappa shape index (κ3) is 4.14. The lowest BCUT2D eigenvalue weighted by molar-refractivity contribution is 0.108. The van der Waals surface area contributed by atoms with Crippen molar-refractivity contribution >= 4 is 16.9 Å². The number of benzene rings is 2. The zero-order chi connectivity index (χ0) is 16.8. The predicted octanol–water partition coefficient (Wildman–Crippen LogP) is 3.59. The van der Waals surface area contributed by atoms with Crippen molar-refractivity contribution in [2.45, 2.75) is 11.8 Å². The van der Waals surface area contributed by atoms with E-state index in [0.717, 1.165) is 11.8 Å². The minimum absolute atomic E-state index is 0.144. The number of ether oxygens (including phenoxy) is 2. The van der Waals surface area contributed by atoms with Gasteiger partial charge in [0, 0.05) is 17.3 Å². The zero-order valence-electron chi connectivity index (χ0n) is 12.8. The first-order valence-corrected chi connectivity index (χ1v) is 7.93. The molecule has 0 fully saturated rings. The molecule has 0 N–H and O–H groups in total. The molecule has 122 valence electrons. The van der Waals surface area contributed by atoms with Crippen LogP contribution in [0.4, 0.5) is 0 Å². The molecule has 6 nitrogen and oxygen atoms in total. The van der Waals surface area contributed by atoms with Crippen molar-refractivity contribution in [3.8, 4) is 11.5 Å². The van der Waals surface area contributed by atoms with Gasteiger partial charge in [0.15, 0.2) is 6.61 Å². The molecule has 1 aromatic heterocycles. The van der Waals surface area contributed by atoms with Crippen LogP contribution in [0.1, 0.15) is 16.2 Å². The number of carbonyl (C=O) groups is 1. The fourth-order valence-corrected chi connectivity index (χ4v) is 2.51. The number of para-hydroxylation sites is 1. The summed E-state index contributed by atoms with van der Waals surface area (Å²) in [6.45, 7) is 0.144.